The van der Waals surface area contributed by atoms with Gasteiger partial charge in [-0.3, -0.25) is 0 Å². The number of hydrogen-bond acceptors (Lipinski definition) is 3. The Hall–Kier alpha value is -1.87. The van der Waals surface area contributed by atoms with Crippen LogP contribution in [-0.2, 0) is 6.42 Å². The SMILES string of the molecule is c1ccc(CCNC2CCN(c3ccccn3)CC2)cc1. The molecule has 1 aromatic carbocycles. The van der Waals surface area contributed by atoms with Gasteiger partial charge in [0.05, 0.1) is 0 Å². The highest BCUT2D eigenvalue weighted by Gasteiger charge is 2.19. The van der Waals surface area contributed by atoms with Crippen molar-refractivity contribution in [2.24, 2.45) is 0 Å². The Labute approximate surface area is 127 Å². The number of anilines is 1. The first-order valence-corrected chi connectivity index (χ1v) is 7.85. The van der Waals surface area contributed by atoms with Crippen LogP contribution in [0, 0.1) is 0 Å². The van der Waals surface area contributed by atoms with E-state index in [-0.39, 0.29) is 0 Å². The zero-order chi connectivity index (χ0) is 14.3. The zero-order valence-electron chi connectivity index (χ0n) is 12.4. The number of nitrogens with one attached hydrogen (secondary N) is 1. The third-order valence-electron chi connectivity index (χ3n) is 4.16. The maximum atomic E-state index is 4.43. The predicted molar refractivity (Wildman–Crippen MR) is 87.6 cm³/mol. The van der Waals surface area contributed by atoms with Crippen molar-refractivity contribution in [3.63, 3.8) is 0 Å². The Morgan fingerprint density at radius 3 is 2.48 bits per heavy atom. The summed E-state index contributed by atoms with van der Waals surface area (Å²) in [5.41, 5.74) is 1.41. The first-order valence-electron chi connectivity index (χ1n) is 7.85. The summed E-state index contributed by atoms with van der Waals surface area (Å²) in [7, 11) is 0. The summed E-state index contributed by atoms with van der Waals surface area (Å²) in [6.07, 6.45) is 5.39. The van der Waals surface area contributed by atoms with Crippen molar-refractivity contribution in [1.82, 2.24) is 10.3 Å². The van der Waals surface area contributed by atoms with Gasteiger partial charge in [0.25, 0.3) is 0 Å². The van der Waals surface area contributed by atoms with E-state index < -0.39 is 0 Å². The van der Waals surface area contributed by atoms with Crippen LogP contribution in [-0.4, -0.2) is 30.7 Å². The lowest BCUT2D eigenvalue weighted by atomic mass is 10.0. The minimum absolute atomic E-state index is 0.647. The molecule has 1 fully saturated rings. The van der Waals surface area contributed by atoms with Crippen LogP contribution in [0.4, 0.5) is 5.82 Å². The third-order valence-corrected chi connectivity index (χ3v) is 4.16. The molecule has 0 amide bonds. The Bertz CT molecular complexity index is 516. The van der Waals surface area contributed by atoms with E-state index in [0.717, 1.165) is 31.9 Å². The van der Waals surface area contributed by atoms with Crippen LogP contribution < -0.4 is 10.2 Å². The number of pyridine rings is 1. The quantitative estimate of drug-likeness (QED) is 0.913. The van der Waals surface area contributed by atoms with Gasteiger partial charge in [0, 0.05) is 25.3 Å². The van der Waals surface area contributed by atoms with Gasteiger partial charge in [-0.1, -0.05) is 36.4 Å². The molecule has 2 heterocycles. The van der Waals surface area contributed by atoms with Crippen LogP contribution in [0.5, 0.6) is 0 Å². The van der Waals surface area contributed by atoms with Crippen molar-refractivity contribution in [3.8, 4) is 0 Å². The lowest BCUT2D eigenvalue weighted by Crippen LogP contribution is -2.43. The van der Waals surface area contributed by atoms with Crippen LogP contribution in [0.1, 0.15) is 18.4 Å². The van der Waals surface area contributed by atoms with Crippen LogP contribution in [0.3, 0.4) is 0 Å². The Balaban J connectivity index is 1.40. The average Bonchev–Trinajstić information content (AvgIpc) is 2.57. The van der Waals surface area contributed by atoms with Crippen molar-refractivity contribution in [3.05, 3.63) is 60.3 Å². The molecule has 0 spiro atoms. The first kappa shape index (κ1) is 14.1. The van der Waals surface area contributed by atoms with Gasteiger partial charge in [0.15, 0.2) is 0 Å². The summed E-state index contributed by atoms with van der Waals surface area (Å²) in [4.78, 5) is 6.82. The van der Waals surface area contributed by atoms with E-state index in [2.05, 4.69) is 57.7 Å². The molecular weight excluding hydrogens is 258 g/mol. The van der Waals surface area contributed by atoms with Crippen LogP contribution in [0.2, 0.25) is 0 Å². The molecule has 110 valence electrons. The minimum atomic E-state index is 0.647. The van der Waals surface area contributed by atoms with Gasteiger partial charge in [0.2, 0.25) is 0 Å². The average molecular weight is 281 g/mol. The molecule has 3 heteroatoms. The summed E-state index contributed by atoms with van der Waals surface area (Å²) in [6, 6.07) is 17.5. The van der Waals surface area contributed by atoms with Gasteiger partial charge >= 0.3 is 0 Å². The maximum Gasteiger partial charge on any atom is 0.128 e. The summed E-state index contributed by atoms with van der Waals surface area (Å²) >= 11 is 0. The minimum Gasteiger partial charge on any atom is -0.357 e. The largest absolute Gasteiger partial charge is 0.357 e. The Morgan fingerprint density at radius 2 is 1.76 bits per heavy atom. The molecule has 1 aliphatic heterocycles. The molecule has 0 saturated carbocycles. The van der Waals surface area contributed by atoms with Crippen molar-refractivity contribution in [1.29, 1.82) is 0 Å². The maximum absolute atomic E-state index is 4.43. The predicted octanol–water partition coefficient (Wildman–Crippen LogP) is 2.88. The normalized spacial score (nSPS) is 16.1. The van der Waals surface area contributed by atoms with E-state index in [0.29, 0.717) is 6.04 Å². The first-order chi connectivity index (χ1) is 10.4. The molecule has 0 atom stereocenters. The van der Waals surface area contributed by atoms with E-state index >= 15 is 0 Å². The summed E-state index contributed by atoms with van der Waals surface area (Å²) < 4.78 is 0. The highest BCUT2D eigenvalue weighted by atomic mass is 15.2. The van der Waals surface area contributed by atoms with Gasteiger partial charge < -0.3 is 10.2 Å². The molecule has 1 saturated heterocycles. The number of piperidine rings is 1. The van der Waals surface area contributed by atoms with E-state index in [9.17, 15) is 0 Å². The van der Waals surface area contributed by atoms with Crippen LogP contribution in [0.25, 0.3) is 0 Å². The summed E-state index contributed by atoms with van der Waals surface area (Å²) in [6.45, 7) is 3.26. The number of hydrogen-bond donors (Lipinski definition) is 1. The third kappa shape index (κ3) is 4.05. The molecule has 0 bridgehead atoms. The molecule has 2 aromatic rings. The van der Waals surface area contributed by atoms with Gasteiger partial charge in [-0.2, -0.15) is 0 Å². The molecule has 1 N–H and O–H groups in total. The van der Waals surface area contributed by atoms with E-state index in [1.54, 1.807) is 0 Å². The second kappa shape index (κ2) is 7.23. The van der Waals surface area contributed by atoms with E-state index in [1.807, 2.05) is 12.3 Å². The Morgan fingerprint density at radius 1 is 1.00 bits per heavy atom. The molecule has 21 heavy (non-hydrogen) atoms. The molecule has 3 rings (SSSR count). The van der Waals surface area contributed by atoms with Gasteiger partial charge in [0.1, 0.15) is 5.82 Å². The second-order valence-electron chi connectivity index (χ2n) is 5.64. The molecule has 3 nitrogen and oxygen atoms in total. The zero-order valence-corrected chi connectivity index (χ0v) is 12.4. The molecular formula is C18H23N3. The monoisotopic (exact) mass is 281 g/mol. The topological polar surface area (TPSA) is 28.2 Å². The van der Waals surface area contributed by atoms with E-state index in [4.69, 9.17) is 0 Å². The molecule has 0 radical (unpaired) electrons. The summed E-state index contributed by atoms with van der Waals surface area (Å²) in [5.74, 6) is 1.11. The fourth-order valence-corrected chi connectivity index (χ4v) is 2.92. The number of rotatable bonds is 5. The lowest BCUT2D eigenvalue weighted by Gasteiger charge is -2.33. The summed E-state index contributed by atoms with van der Waals surface area (Å²) in [5, 5.41) is 3.70. The van der Waals surface area contributed by atoms with Crippen molar-refractivity contribution < 1.29 is 0 Å². The molecule has 0 unspecified atom stereocenters. The van der Waals surface area contributed by atoms with Crippen molar-refractivity contribution in [2.75, 3.05) is 24.5 Å². The van der Waals surface area contributed by atoms with Gasteiger partial charge in [-0.05, 0) is 43.5 Å². The highest BCUT2D eigenvalue weighted by Crippen LogP contribution is 2.17. The highest BCUT2D eigenvalue weighted by molar-refractivity contribution is 5.38. The Kier molecular flexibility index (Phi) is 4.85. The lowest BCUT2D eigenvalue weighted by molar-refractivity contribution is 0.416. The van der Waals surface area contributed by atoms with Gasteiger partial charge in [-0.25, -0.2) is 4.98 Å². The van der Waals surface area contributed by atoms with Crippen molar-refractivity contribution in [2.45, 2.75) is 25.3 Å². The molecule has 1 aliphatic rings. The van der Waals surface area contributed by atoms with E-state index in [1.165, 1.54) is 18.4 Å². The fraction of sp³-hybridized carbons (Fsp3) is 0.389. The van der Waals surface area contributed by atoms with Crippen LogP contribution >= 0.6 is 0 Å². The fourth-order valence-electron chi connectivity index (χ4n) is 2.92. The number of aromatic nitrogens is 1. The number of nitrogens with zero attached hydrogens (tertiary/aromatic N) is 2. The number of benzene rings is 1. The molecule has 1 aromatic heterocycles. The molecule has 0 aliphatic carbocycles. The second-order valence-corrected chi connectivity index (χ2v) is 5.64. The van der Waals surface area contributed by atoms with Crippen molar-refractivity contribution >= 4 is 5.82 Å². The van der Waals surface area contributed by atoms with Gasteiger partial charge in [-0.15, -0.1) is 0 Å². The standard InChI is InChI=1S/C18H23N3/c1-2-6-16(7-3-1)9-13-19-17-10-14-21(15-11-17)18-8-4-5-12-20-18/h1-8,12,17,19H,9-11,13-15H2. The van der Waals surface area contributed by atoms with Crippen LogP contribution in [0.15, 0.2) is 54.7 Å². The smallest absolute Gasteiger partial charge is 0.128 e.